The van der Waals surface area contributed by atoms with Gasteiger partial charge in [-0.2, -0.15) is 0 Å². The average Bonchev–Trinajstić information content (AvgIpc) is 2.95. The van der Waals surface area contributed by atoms with Crippen molar-refractivity contribution in [1.29, 1.82) is 0 Å². The molecule has 2 aromatic heterocycles. The van der Waals surface area contributed by atoms with Crippen LogP contribution in [-0.4, -0.2) is 9.55 Å². The fourth-order valence-electron chi connectivity index (χ4n) is 2.66. The maximum Gasteiger partial charge on any atom is 0.148 e. The first-order valence-corrected chi connectivity index (χ1v) is 7.02. The van der Waals surface area contributed by atoms with Crippen LogP contribution in [0.15, 0.2) is 54.9 Å². The second kappa shape index (κ2) is 4.78. The molecule has 22 heavy (non-hydrogen) atoms. The summed E-state index contributed by atoms with van der Waals surface area (Å²) in [5.41, 5.74) is 1.58. The zero-order valence-corrected chi connectivity index (χ0v) is 12.0. The normalized spacial score (nSPS) is 11.4. The van der Waals surface area contributed by atoms with Gasteiger partial charge in [-0.3, -0.25) is 4.98 Å². The molecule has 0 saturated carbocycles. The molecule has 0 fully saturated rings. The lowest BCUT2D eigenvalue weighted by atomic mass is 10.1. The Hall–Kier alpha value is -2.46. The highest BCUT2D eigenvalue weighted by Crippen LogP contribution is 2.30. The lowest BCUT2D eigenvalue weighted by Crippen LogP contribution is -1.98. The molecule has 0 N–H and O–H groups in total. The Bertz CT molecular complexity index is 1020. The second-order valence-electron chi connectivity index (χ2n) is 4.98. The molecule has 0 bridgehead atoms. The van der Waals surface area contributed by atoms with E-state index < -0.39 is 11.6 Å². The van der Waals surface area contributed by atoms with E-state index in [1.807, 2.05) is 30.3 Å². The Balaban J connectivity index is 2.12. The molecule has 0 unspecified atom stereocenters. The van der Waals surface area contributed by atoms with Crippen LogP contribution in [0.25, 0.3) is 27.5 Å². The Labute approximate surface area is 129 Å². The highest BCUT2D eigenvalue weighted by atomic mass is 35.5. The van der Waals surface area contributed by atoms with Crippen LogP contribution in [0.1, 0.15) is 0 Å². The number of benzene rings is 2. The van der Waals surface area contributed by atoms with E-state index in [9.17, 15) is 8.78 Å². The van der Waals surface area contributed by atoms with Crippen molar-refractivity contribution in [2.75, 3.05) is 0 Å². The van der Waals surface area contributed by atoms with Gasteiger partial charge in [0, 0.05) is 29.2 Å². The number of hydrogen-bond acceptors (Lipinski definition) is 1. The first-order chi connectivity index (χ1) is 10.6. The van der Waals surface area contributed by atoms with E-state index in [1.54, 1.807) is 17.0 Å². The first kappa shape index (κ1) is 13.2. The number of pyridine rings is 1. The van der Waals surface area contributed by atoms with Gasteiger partial charge >= 0.3 is 0 Å². The number of nitrogens with zero attached hydrogens (tertiary/aromatic N) is 2. The van der Waals surface area contributed by atoms with Gasteiger partial charge in [0.15, 0.2) is 0 Å². The van der Waals surface area contributed by atoms with Crippen molar-refractivity contribution in [1.82, 2.24) is 9.55 Å². The molecule has 0 radical (unpaired) electrons. The quantitative estimate of drug-likeness (QED) is 0.446. The van der Waals surface area contributed by atoms with Crippen LogP contribution in [0.2, 0.25) is 5.02 Å². The molecule has 5 heteroatoms. The van der Waals surface area contributed by atoms with Gasteiger partial charge in [-0.05, 0) is 18.2 Å². The third-order valence-electron chi connectivity index (χ3n) is 3.67. The van der Waals surface area contributed by atoms with Gasteiger partial charge in [-0.25, -0.2) is 8.78 Å². The van der Waals surface area contributed by atoms with Crippen LogP contribution in [0.5, 0.6) is 0 Å². The fourth-order valence-corrected chi connectivity index (χ4v) is 2.81. The zero-order chi connectivity index (χ0) is 15.3. The molecule has 0 aliphatic rings. The number of rotatable bonds is 1. The highest BCUT2D eigenvalue weighted by Gasteiger charge is 2.14. The van der Waals surface area contributed by atoms with Gasteiger partial charge in [-0.15, -0.1) is 0 Å². The molecular formula is C17H9ClF2N2. The minimum Gasteiger partial charge on any atom is -0.312 e. The topological polar surface area (TPSA) is 17.8 Å². The van der Waals surface area contributed by atoms with E-state index in [-0.39, 0.29) is 10.7 Å². The van der Waals surface area contributed by atoms with Gasteiger partial charge in [0.25, 0.3) is 0 Å². The molecule has 0 atom stereocenters. The van der Waals surface area contributed by atoms with Gasteiger partial charge in [-0.1, -0.05) is 29.8 Å². The third-order valence-corrected chi connectivity index (χ3v) is 3.96. The molecule has 2 heterocycles. The van der Waals surface area contributed by atoms with Crippen LogP contribution < -0.4 is 0 Å². The summed E-state index contributed by atoms with van der Waals surface area (Å²) in [5, 5.41) is 1.60. The predicted molar refractivity (Wildman–Crippen MR) is 83.5 cm³/mol. The van der Waals surface area contributed by atoms with E-state index in [4.69, 9.17) is 11.6 Å². The second-order valence-corrected chi connectivity index (χ2v) is 5.39. The smallest absolute Gasteiger partial charge is 0.148 e. The van der Waals surface area contributed by atoms with Gasteiger partial charge in [0.05, 0.1) is 21.7 Å². The maximum absolute atomic E-state index is 14.2. The third kappa shape index (κ3) is 1.88. The van der Waals surface area contributed by atoms with Crippen LogP contribution in [0, 0.1) is 11.6 Å². The maximum atomic E-state index is 14.2. The molecule has 0 amide bonds. The van der Waals surface area contributed by atoms with Crippen molar-refractivity contribution in [2.45, 2.75) is 0 Å². The van der Waals surface area contributed by atoms with Crippen molar-refractivity contribution >= 4 is 33.4 Å². The predicted octanol–water partition coefficient (Wildman–Crippen LogP) is 5.11. The molecule has 2 aromatic carbocycles. The lowest BCUT2D eigenvalue weighted by Gasteiger charge is -2.09. The van der Waals surface area contributed by atoms with Gasteiger partial charge < -0.3 is 4.57 Å². The number of hydrogen-bond donors (Lipinski definition) is 0. The molecule has 4 aromatic rings. The van der Waals surface area contributed by atoms with Crippen molar-refractivity contribution in [3.05, 3.63) is 71.5 Å². The summed E-state index contributed by atoms with van der Waals surface area (Å²) in [6, 6.07) is 11.6. The minimum atomic E-state index is -0.659. The lowest BCUT2D eigenvalue weighted by molar-refractivity contribution is 0.594. The Morgan fingerprint density at radius 3 is 2.64 bits per heavy atom. The summed E-state index contributed by atoms with van der Waals surface area (Å²) in [7, 11) is 0. The Kier molecular flexibility index (Phi) is 2.87. The summed E-state index contributed by atoms with van der Waals surface area (Å²) in [6.07, 6.45) is 3.38. The Morgan fingerprint density at radius 1 is 0.955 bits per heavy atom. The van der Waals surface area contributed by atoms with Gasteiger partial charge in [0.1, 0.15) is 11.6 Å². The summed E-state index contributed by atoms with van der Waals surface area (Å²) in [5.74, 6) is -1.25. The van der Waals surface area contributed by atoms with E-state index in [2.05, 4.69) is 4.98 Å². The molecule has 0 spiro atoms. The van der Waals surface area contributed by atoms with Gasteiger partial charge in [0.2, 0.25) is 0 Å². The van der Waals surface area contributed by atoms with Crippen molar-refractivity contribution in [3.63, 3.8) is 0 Å². The summed E-state index contributed by atoms with van der Waals surface area (Å²) in [4.78, 5) is 4.37. The van der Waals surface area contributed by atoms with E-state index in [1.165, 1.54) is 0 Å². The highest BCUT2D eigenvalue weighted by molar-refractivity contribution is 6.30. The monoisotopic (exact) mass is 314 g/mol. The molecule has 0 aliphatic carbocycles. The SMILES string of the molecule is Fc1cc(-n2ccc3ccc4cccnc4c32)c(F)cc1Cl. The summed E-state index contributed by atoms with van der Waals surface area (Å²) in [6.45, 7) is 0. The van der Waals surface area contributed by atoms with Crippen molar-refractivity contribution in [3.8, 4) is 5.69 Å². The fraction of sp³-hybridized carbons (Fsp3) is 0. The van der Waals surface area contributed by atoms with Crippen LogP contribution in [0.3, 0.4) is 0 Å². The van der Waals surface area contributed by atoms with Crippen molar-refractivity contribution < 1.29 is 8.78 Å². The zero-order valence-electron chi connectivity index (χ0n) is 11.2. The molecule has 108 valence electrons. The molecular weight excluding hydrogens is 306 g/mol. The first-order valence-electron chi connectivity index (χ1n) is 6.65. The number of halogens is 3. The van der Waals surface area contributed by atoms with E-state index >= 15 is 0 Å². The largest absolute Gasteiger partial charge is 0.312 e. The van der Waals surface area contributed by atoms with Crippen LogP contribution in [-0.2, 0) is 0 Å². The standard InChI is InChI=1S/C17H9ClF2N2/c18-12-8-14(20)15(9-13(12)19)22-7-5-11-4-3-10-2-1-6-21-16(10)17(11)22/h1-9H. The minimum absolute atomic E-state index is 0.107. The number of aromatic nitrogens is 2. The summed E-state index contributed by atoms with van der Waals surface area (Å²) >= 11 is 5.62. The molecule has 4 rings (SSSR count). The Morgan fingerprint density at radius 2 is 1.77 bits per heavy atom. The molecule has 2 nitrogen and oxygen atoms in total. The van der Waals surface area contributed by atoms with Crippen molar-refractivity contribution in [2.24, 2.45) is 0 Å². The molecule has 0 saturated heterocycles. The van der Waals surface area contributed by atoms with Crippen LogP contribution >= 0.6 is 11.6 Å². The number of fused-ring (bicyclic) bond motifs is 3. The van der Waals surface area contributed by atoms with Crippen LogP contribution in [0.4, 0.5) is 8.78 Å². The summed E-state index contributed by atoms with van der Waals surface area (Å²) < 4.78 is 29.6. The van der Waals surface area contributed by atoms with E-state index in [0.717, 1.165) is 33.9 Å². The van der Waals surface area contributed by atoms with E-state index in [0.29, 0.717) is 0 Å². The molecule has 0 aliphatic heterocycles. The average molecular weight is 315 g/mol.